The first-order chi connectivity index (χ1) is 11.5. The molecule has 0 aliphatic carbocycles. The van der Waals surface area contributed by atoms with Crippen molar-refractivity contribution in [1.82, 2.24) is 5.32 Å². The molecule has 0 spiro atoms. The van der Waals surface area contributed by atoms with Gasteiger partial charge in [-0.3, -0.25) is 9.59 Å². The van der Waals surface area contributed by atoms with Crippen LogP contribution in [0, 0.1) is 0 Å². The van der Waals surface area contributed by atoms with Gasteiger partial charge in [0.1, 0.15) is 6.10 Å². The average molecular weight is 371 g/mol. The van der Waals surface area contributed by atoms with Gasteiger partial charge in [0.15, 0.2) is 11.5 Å². The number of carbonyl (C=O) groups excluding carboxylic acids is 1. The lowest BCUT2D eigenvalue weighted by molar-refractivity contribution is -0.136. The summed E-state index contributed by atoms with van der Waals surface area (Å²) in [5, 5.41) is 11.4. The number of amides is 1. The van der Waals surface area contributed by atoms with E-state index in [4.69, 9.17) is 14.6 Å². The molecule has 0 bridgehead atoms. The molecule has 1 atom stereocenters. The second kappa shape index (κ2) is 9.08. The fourth-order valence-electron chi connectivity index (χ4n) is 2.34. The number of nitrogens with one attached hydrogen (secondary N) is 1. The highest BCUT2D eigenvalue weighted by Gasteiger charge is 2.25. The maximum atomic E-state index is 12.3. The van der Waals surface area contributed by atoms with Gasteiger partial charge in [-0.15, -0.1) is 0 Å². The van der Waals surface area contributed by atoms with Crippen molar-refractivity contribution < 1.29 is 24.2 Å². The van der Waals surface area contributed by atoms with E-state index in [-0.39, 0.29) is 18.4 Å². The Bertz CT molecular complexity index is 608. The van der Waals surface area contributed by atoms with E-state index in [2.05, 4.69) is 5.32 Å². The molecule has 132 valence electrons. The Morgan fingerprint density at radius 1 is 1.38 bits per heavy atom. The predicted molar refractivity (Wildman–Crippen MR) is 96.3 cm³/mol. The summed E-state index contributed by atoms with van der Waals surface area (Å²) < 4.78 is 11.0. The third-order valence-corrected chi connectivity index (χ3v) is 5.80. The molecule has 8 heteroatoms. The number of fused-ring (bicyclic) bond motifs is 1. The van der Waals surface area contributed by atoms with Crippen LogP contribution in [0.3, 0.4) is 0 Å². The van der Waals surface area contributed by atoms with Crippen LogP contribution in [0.4, 0.5) is 0 Å². The second-order valence-corrected chi connectivity index (χ2v) is 8.05. The van der Waals surface area contributed by atoms with Gasteiger partial charge in [-0.05, 0) is 19.1 Å². The zero-order valence-electron chi connectivity index (χ0n) is 13.7. The van der Waals surface area contributed by atoms with Gasteiger partial charge in [-0.25, -0.2) is 0 Å². The minimum absolute atomic E-state index is 0.0893. The molecule has 0 fully saturated rings. The lowest BCUT2D eigenvalue weighted by atomic mass is 10.1. The molecule has 0 saturated heterocycles. The Morgan fingerprint density at radius 2 is 2.12 bits per heavy atom. The first-order valence-electron chi connectivity index (χ1n) is 7.63. The Hall–Kier alpha value is -1.54. The highest BCUT2D eigenvalue weighted by atomic mass is 33.1. The van der Waals surface area contributed by atoms with Crippen LogP contribution in [0.1, 0.15) is 29.3 Å². The summed E-state index contributed by atoms with van der Waals surface area (Å²) in [6.07, 6.45) is 1.01. The van der Waals surface area contributed by atoms with Crippen LogP contribution in [-0.4, -0.2) is 48.2 Å². The van der Waals surface area contributed by atoms with Gasteiger partial charge in [0.2, 0.25) is 0 Å². The molecule has 1 aliphatic rings. The van der Waals surface area contributed by atoms with E-state index in [1.807, 2.05) is 13.0 Å². The van der Waals surface area contributed by atoms with Crippen LogP contribution in [0.25, 0.3) is 0 Å². The van der Waals surface area contributed by atoms with Crippen LogP contribution < -0.4 is 14.8 Å². The molecule has 2 rings (SSSR count). The van der Waals surface area contributed by atoms with Crippen molar-refractivity contribution in [3.05, 3.63) is 23.3 Å². The molecule has 6 nitrogen and oxygen atoms in total. The first kappa shape index (κ1) is 18.8. The molecule has 0 aromatic heterocycles. The van der Waals surface area contributed by atoms with Crippen LogP contribution in [0.2, 0.25) is 0 Å². The molecule has 1 heterocycles. The minimum Gasteiger partial charge on any atom is -0.493 e. The van der Waals surface area contributed by atoms with Crippen LogP contribution in [0.5, 0.6) is 11.5 Å². The molecule has 1 aromatic rings. The fraction of sp³-hybridized carbons (Fsp3) is 0.500. The van der Waals surface area contributed by atoms with Crippen molar-refractivity contribution >= 4 is 33.5 Å². The van der Waals surface area contributed by atoms with E-state index >= 15 is 0 Å². The van der Waals surface area contributed by atoms with Crippen LogP contribution in [-0.2, 0) is 11.2 Å². The monoisotopic (exact) mass is 371 g/mol. The zero-order valence-corrected chi connectivity index (χ0v) is 15.3. The van der Waals surface area contributed by atoms with E-state index in [1.54, 1.807) is 24.0 Å². The molecule has 1 unspecified atom stereocenters. The highest BCUT2D eigenvalue weighted by Crippen LogP contribution is 2.38. The Balaban J connectivity index is 1.81. The van der Waals surface area contributed by atoms with Crippen LogP contribution in [0.15, 0.2) is 12.1 Å². The van der Waals surface area contributed by atoms with E-state index in [1.165, 1.54) is 10.8 Å². The van der Waals surface area contributed by atoms with Crippen LogP contribution >= 0.6 is 21.6 Å². The standard InChI is InChI=1S/C16H21NO5S2/c1-10-7-11-8-12(9-13(21-2)15(11)22-10)16(20)17-4-6-24-23-5-3-14(18)19/h8-10H,3-7H2,1-2H3,(H,17,20)(H,18,19). The zero-order chi connectivity index (χ0) is 17.5. The number of benzene rings is 1. The topological polar surface area (TPSA) is 84.9 Å². The van der Waals surface area contributed by atoms with Gasteiger partial charge in [0.25, 0.3) is 5.91 Å². The molecular formula is C16H21NO5S2. The van der Waals surface area contributed by atoms with E-state index in [0.29, 0.717) is 23.6 Å². The Morgan fingerprint density at radius 3 is 2.83 bits per heavy atom. The quantitative estimate of drug-likeness (QED) is 0.510. The molecule has 1 aliphatic heterocycles. The van der Waals surface area contributed by atoms with Crippen molar-refractivity contribution in [1.29, 1.82) is 0 Å². The summed E-state index contributed by atoms with van der Waals surface area (Å²) >= 11 is 0. The molecule has 24 heavy (non-hydrogen) atoms. The van der Waals surface area contributed by atoms with Crippen molar-refractivity contribution in [3.63, 3.8) is 0 Å². The van der Waals surface area contributed by atoms with Crippen molar-refractivity contribution in [2.75, 3.05) is 25.2 Å². The number of aliphatic carboxylic acids is 1. The summed E-state index contributed by atoms with van der Waals surface area (Å²) in [6.45, 7) is 2.51. The summed E-state index contributed by atoms with van der Waals surface area (Å²) in [5.74, 6) is 1.66. The third-order valence-electron chi connectivity index (χ3n) is 3.39. The summed E-state index contributed by atoms with van der Waals surface area (Å²) in [7, 11) is 4.62. The Labute approximate surface area is 149 Å². The normalized spacial score (nSPS) is 15.5. The number of hydrogen-bond acceptors (Lipinski definition) is 6. The lowest BCUT2D eigenvalue weighted by Crippen LogP contribution is -2.25. The van der Waals surface area contributed by atoms with Gasteiger partial charge in [-0.1, -0.05) is 21.6 Å². The molecule has 1 aromatic carbocycles. The van der Waals surface area contributed by atoms with Gasteiger partial charge >= 0.3 is 5.97 Å². The number of carboxylic acids is 1. The third kappa shape index (κ3) is 5.24. The molecule has 2 N–H and O–H groups in total. The highest BCUT2D eigenvalue weighted by molar-refractivity contribution is 8.76. The number of rotatable bonds is 9. The van der Waals surface area contributed by atoms with Crippen molar-refractivity contribution in [3.8, 4) is 11.5 Å². The number of ether oxygens (including phenoxy) is 2. The minimum atomic E-state index is -0.791. The Kier molecular flexibility index (Phi) is 7.11. The molecule has 0 saturated carbocycles. The predicted octanol–water partition coefficient (Wildman–Crippen LogP) is 2.60. The second-order valence-electron chi connectivity index (χ2n) is 5.34. The number of methoxy groups -OCH3 is 1. The number of hydrogen-bond donors (Lipinski definition) is 2. The molecular weight excluding hydrogens is 350 g/mol. The molecule has 0 radical (unpaired) electrons. The van der Waals surface area contributed by atoms with Crippen molar-refractivity contribution in [2.24, 2.45) is 0 Å². The van der Waals surface area contributed by atoms with Gasteiger partial charge in [-0.2, -0.15) is 0 Å². The maximum absolute atomic E-state index is 12.3. The first-order valence-corrected chi connectivity index (χ1v) is 10.1. The summed E-state index contributed by atoms with van der Waals surface area (Å²) in [5.41, 5.74) is 1.55. The van der Waals surface area contributed by atoms with Crippen molar-refractivity contribution in [2.45, 2.75) is 25.9 Å². The van der Waals surface area contributed by atoms with Gasteiger partial charge < -0.3 is 19.9 Å². The summed E-state index contributed by atoms with van der Waals surface area (Å²) in [6, 6.07) is 3.55. The lowest BCUT2D eigenvalue weighted by Gasteiger charge is -2.11. The number of carbonyl (C=O) groups is 2. The fourth-order valence-corrected chi connectivity index (χ4v) is 4.22. The molecule has 1 amide bonds. The summed E-state index contributed by atoms with van der Waals surface area (Å²) in [4.78, 5) is 22.7. The average Bonchev–Trinajstić information content (AvgIpc) is 2.92. The van der Waals surface area contributed by atoms with E-state index in [0.717, 1.165) is 23.5 Å². The van der Waals surface area contributed by atoms with Gasteiger partial charge in [0, 0.05) is 35.6 Å². The smallest absolute Gasteiger partial charge is 0.304 e. The van der Waals surface area contributed by atoms with E-state index < -0.39 is 5.97 Å². The number of carboxylic acid groups (broad SMARTS) is 1. The largest absolute Gasteiger partial charge is 0.493 e. The SMILES string of the molecule is COc1cc(C(=O)NCCSSCCC(=O)O)cc2c1OC(C)C2. The van der Waals surface area contributed by atoms with Gasteiger partial charge in [0.05, 0.1) is 13.5 Å². The maximum Gasteiger partial charge on any atom is 0.304 e. The van der Waals surface area contributed by atoms with E-state index in [9.17, 15) is 9.59 Å².